The van der Waals surface area contributed by atoms with Gasteiger partial charge in [0, 0.05) is 11.1 Å². The molecule has 1 N–H and O–H groups in total. The molecule has 0 fully saturated rings. The average molecular weight is 282 g/mol. The van der Waals surface area contributed by atoms with Gasteiger partial charge in [-0.1, -0.05) is 11.8 Å². The highest BCUT2D eigenvalue weighted by Gasteiger charge is 2.12. The molecule has 0 aliphatic rings. The van der Waals surface area contributed by atoms with Gasteiger partial charge in [-0.05, 0) is 42.5 Å². The Balaban J connectivity index is 2.30. The highest BCUT2D eigenvalue weighted by molar-refractivity contribution is 5.92. The fourth-order valence-electron chi connectivity index (χ4n) is 1.74. The number of methoxy groups -OCH3 is 2. The molecule has 0 amide bonds. The smallest absolute Gasteiger partial charge is 0.341 e. The van der Waals surface area contributed by atoms with E-state index in [0.29, 0.717) is 16.9 Å². The summed E-state index contributed by atoms with van der Waals surface area (Å²) in [7, 11) is 2.80. The molecule has 0 radical (unpaired) electrons. The highest BCUT2D eigenvalue weighted by Crippen LogP contribution is 2.20. The summed E-state index contributed by atoms with van der Waals surface area (Å²) in [6.07, 6.45) is 0. The number of aromatic hydroxyl groups is 1. The summed E-state index contributed by atoms with van der Waals surface area (Å²) in [5.41, 5.74) is 1.85. The Bertz CT molecular complexity index is 706. The molecule has 2 aromatic rings. The van der Waals surface area contributed by atoms with Crippen LogP contribution in [0.15, 0.2) is 42.5 Å². The van der Waals surface area contributed by atoms with Gasteiger partial charge in [0.1, 0.15) is 17.1 Å². The summed E-state index contributed by atoms with van der Waals surface area (Å²) in [4.78, 5) is 11.6. The van der Waals surface area contributed by atoms with Crippen LogP contribution in [0.4, 0.5) is 0 Å². The van der Waals surface area contributed by atoms with E-state index in [0.717, 1.165) is 5.56 Å². The monoisotopic (exact) mass is 282 g/mol. The molecular weight excluding hydrogens is 268 g/mol. The maximum Gasteiger partial charge on any atom is 0.341 e. The minimum Gasteiger partial charge on any atom is -0.508 e. The van der Waals surface area contributed by atoms with Gasteiger partial charge >= 0.3 is 5.97 Å². The Kier molecular flexibility index (Phi) is 4.47. The number of hydrogen-bond donors (Lipinski definition) is 1. The predicted octanol–water partition coefficient (Wildman–Crippen LogP) is 2.59. The number of phenolic OH excluding ortho intramolecular Hbond substituents is 1. The number of esters is 1. The van der Waals surface area contributed by atoms with Crippen LogP contribution in [0.5, 0.6) is 11.5 Å². The zero-order valence-corrected chi connectivity index (χ0v) is 11.7. The van der Waals surface area contributed by atoms with Gasteiger partial charge in [0.2, 0.25) is 0 Å². The third-order valence-electron chi connectivity index (χ3n) is 2.83. The SMILES string of the molecule is COC(=O)c1ccc(C#Cc2ccc(O)cc2)cc1OC. The van der Waals surface area contributed by atoms with Crippen LogP contribution in [-0.4, -0.2) is 25.3 Å². The molecule has 0 aliphatic carbocycles. The number of phenols is 1. The fourth-order valence-corrected chi connectivity index (χ4v) is 1.74. The Morgan fingerprint density at radius 3 is 2.24 bits per heavy atom. The van der Waals surface area contributed by atoms with E-state index < -0.39 is 5.97 Å². The quantitative estimate of drug-likeness (QED) is 0.679. The molecule has 21 heavy (non-hydrogen) atoms. The first-order chi connectivity index (χ1) is 10.1. The first kappa shape index (κ1) is 14.5. The van der Waals surface area contributed by atoms with Crippen molar-refractivity contribution in [3.05, 3.63) is 59.2 Å². The van der Waals surface area contributed by atoms with Crippen molar-refractivity contribution >= 4 is 5.97 Å². The minimum absolute atomic E-state index is 0.199. The average Bonchev–Trinajstić information content (AvgIpc) is 2.53. The molecule has 0 saturated carbocycles. The van der Waals surface area contributed by atoms with E-state index in [2.05, 4.69) is 16.6 Å². The fraction of sp³-hybridized carbons (Fsp3) is 0.118. The molecule has 2 aromatic carbocycles. The molecule has 0 unspecified atom stereocenters. The Morgan fingerprint density at radius 2 is 1.62 bits per heavy atom. The van der Waals surface area contributed by atoms with Gasteiger partial charge < -0.3 is 14.6 Å². The van der Waals surface area contributed by atoms with E-state index in [1.54, 1.807) is 42.5 Å². The number of rotatable bonds is 2. The molecule has 0 aliphatic heterocycles. The molecule has 4 heteroatoms. The lowest BCUT2D eigenvalue weighted by atomic mass is 10.1. The summed E-state index contributed by atoms with van der Waals surface area (Å²) in [5, 5.41) is 9.21. The van der Waals surface area contributed by atoms with E-state index in [-0.39, 0.29) is 5.75 Å². The van der Waals surface area contributed by atoms with Crippen LogP contribution in [0, 0.1) is 11.8 Å². The molecule has 0 aromatic heterocycles. The molecule has 0 saturated heterocycles. The van der Waals surface area contributed by atoms with Crippen molar-refractivity contribution in [3.8, 4) is 23.3 Å². The number of hydrogen-bond acceptors (Lipinski definition) is 4. The Labute approximate surface area is 122 Å². The molecule has 0 bridgehead atoms. The van der Waals surface area contributed by atoms with Gasteiger partial charge in [0.15, 0.2) is 0 Å². The van der Waals surface area contributed by atoms with Crippen LogP contribution >= 0.6 is 0 Å². The zero-order valence-electron chi connectivity index (χ0n) is 11.7. The van der Waals surface area contributed by atoms with Crippen molar-refractivity contribution in [3.63, 3.8) is 0 Å². The molecule has 4 nitrogen and oxygen atoms in total. The summed E-state index contributed by atoms with van der Waals surface area (Å²) in [5.74, 6) is 6.11. The van der Waals surface area contributed by atoms with Crippen LogP contribution in [0.1, 0.15) is 21.5 Å². The first-order valence-electron chi connectivity index (χ1n) is 6.21. The van der Waals surface area contributed by atoms with Crippen molar-refractivity contribution in [1.82, 2.24) is 0 Å². The molecule has 0 heterocycles. The lowest BCUT2D eigenvalue weighted by molar-refractivity contribution is 0.0597. The van der Waals surface area contributed by atoms with Crippen molar-refractivity contribution in [2.75, 3.05) is 14.2 Å². The van der Waals surface area contributed by atoms with Gasteiger partial charge in [-0.15, -0.1) is 0 Å². The second-order valence-electron chi connectivity index (χ2n) is 4.20. The van der Waals surface area contributed by atoms with Gasteiger partial charge in [-0.25, -0.2) is 4.79 Å². The summed E-state index contributed by atoms with van der Waals surface area (Å²) >= 11 is 0. The highest BCUT2D eigenvalue weighted by atomic mass is 16.5. The van der Waals surface area contributed by atoms with E-state index in [4.69, 9.17) is 4.74 Å². The van der Waals surface area contributed by atoms with Crippen molar-refractivity contribution in [1.29, 1.82) is 0 Å². The summed E-state index contributed by atoms with van der Waals surface area (Å²) in [6, 6.07) is 11.6. The van der Waals surface area contributed by atoms with Crippen LogP contribution in [0.2, 0.25) is 0 Å². The standard InChI is InChI=1S/C17H14O4/c1-20-16-11-13(7-10-15(16)17(19)21-2)4-3-12-5-8-14(18)9-6-12/h5-11,18H,1-2H3. The topological polar surface area (TPSA) is 55.8 Å². The maximum absolute atomic E-state index is 11.6. The number of ether oxygens (including phenoxy) is 2. The number of benzene rings is 2. The van der Waals surface area contributed by atoms with E-state index in [1.807, 2.05) is 0 Å². The largest absolute Gasteiger partial charge is 0.508 e. The zero-order chi connectivity index (χ0) is 15.2. The predicted molar refractivity (Wildman–Crippen MR) is 78.4 cm³/mol. The normalized spacial score (nSPS) is 9.43. The first-order valence-corrected chi connectivity index (χ1v) is 6.21. The third kappa shape index (κ3) is 3.54. The van der Waals surface area contributed by atoms with Crippen LogP contribution in [-0.2, 0) is 4.74 Å². The lowest BCUT2D eigenvalue weighted by Gasteiger charge is -2.06. The molecule has 0 atom stereocenters. The third-order valence-corrected chi connectivity index (χ3v) is 2.83. The van der Waals surface area contributed by atoms with E-state index >= 15 is 0 Å². The van der Waals surface area contributed by atoms with Gasteiger partial charge in [-0.2, -0.15) is 0 Å². The van der Waals surface area contributed by atoms with Crippen molar-refractivity contribution in [2.24, 2.45) is 0 Å². The van der Waals surface area contributed by atoms with Crippen LogP contribution in [0.25, 0.3) is 0 Å². The van der Waals surface area contributed by atoms with Crippen LogP contribution < -0.4 is 4.74 Å². The second-order valence-corrected chi connectivity index (χ2v) is 4.20. The molecule has 0 spiro atoms. The van der Waals surface area contributed by atoms with Crippen molar-refractivity contribution in [2.45, 2.75) is 0 Å². The van der Waals surface area contributed by atoms with Gasteiger partial charge in [-0.3, -0.25) is 0 Å². The number of carbonyl (C=O) groups is 1. The van der Waals surface area contributed by atoms with Crippen LogP contribution in [0.3, 0.4) is 0 Å². The Morgan fingerprint density at radius 1 is 1.00 bits per heavy atom. The maximum atomic E-state index is 11.6. The molecule has 106 valence electrons. The second kappa shape index (κ2) is 6.49. The summed E-state index contributed by atoms with van der Waals surface area (Å²) in [6.45, 7) is 0. The summed E-state index contributed by atoms with van der Waals surface area (Å²) < 4.78 is 9.86. The number of carbonyl (C=O) groups excluding carboxylic acids is 1. The van der Waals surface area contributed by atoms with E-state index in [1.165, 1.54) is 14.2 Å². The lowest BCUT2D eigenvalue weighted by Crippen LogP contribution is -2.04. The minimum atomic E-state index is -0.454. The van der Waals surface area contributed by atoms with Crippen molar-refractivity contribution < 1.29 is 19.4 Å². The van der Waals surface area contributed by atoms with Gasteiger partial charge in [0.05, 0.1) is 14.2 Å². The van der Waals surface area contributed by atoms with E-state index in [9.17, 15) is 9.90 Å². The Hall–Kier alpha value is -2.93. The van der Waals surface area contributed by atoms with Gasteiger partial charge in [0.25, 0.3) is 0 Å². The molecule has 2 rings (SSSR count). The molecular formula is C17H14O4.